The number of hydrogen-bond donors (Lipinski definition) is 6. The molecular formula is C32H34N4O4. The first-order chi connectivity index (χ1) is 19.4. The maximum absolute atomic E-state index is 12.0. The van der Waals surface area contributed by atoms with Crippen LogP contribution in [0, 0.1) is 23.7 Å². The van der Waals surface area contributed by atoms with E-state index in [9.17, 15) is 19.8 Å². The molecule has 2 unspecified atom stereocenters. The standard InChI is InChI=1S/C32H34N4O4/c33-19-23-7-11-25(12-8-23)21-35-31(39)5-1-3-29(37)27-15-17-28(18-16-27)30(38)4-2-6-32(40)36-22-26-13-9-24(20-34)10-14-26/h7-18,29-30,37-38H,5-6,19-22,33-34H2,(H,35,39)(H,36,40). The number of carbonyl (C=O) groups is 2. The van der Waals surface area contributed by atoms with E-state index in [1.165, 1.54) is 0 Å². The Morgan fingerprint density at radius 3 is 1.25 bits per heavy atom. The van der Waals surface area contributed by atoms with Crippen molar-refractivity contribution in [2.75, 3.05) is 0 Å². The van der Waals surface area contributed by atoms with Gasteiger partial charge in [-0.3, -0.25) is 9.59 Å². The summed E-state index contributed by atoms with van der Waals surface area (Å²) in [5.74, 6) is 10.2. The lowest BCUT2D eigenvalue weighted by Gasteiger charge is -2.08. The summed E-state index contributed by atoms with van der Waals surface area (Å²) in [6, 6.07) is 21.8. The van der Waals surface area contributed by atoms with Gasteiger partial charge in [-0.2, -0.15) is 0 Å². The number of aliphatic hydroxyl groups excluding tert-OH is 2. The minimum absolute atomic E-state index is 0.0432. The summed E-state index contributed by atoms with van der Waals surface area (Å²) in [6.45, 7) is 1.70. The van der Waals surface area contributed by atoms with Crippen LogP contribution in [0.2, 0.25) is 0 Å². The summed E-state index contributed by atoms with van der Waals surface area (Å²) < 4.78 is 0. The van der Waals surface area contributed by atoms with Crippen LogP contribution in [0.15, 0.2) is 72.8 Å². The molecule has 8 nitrogen and oxygen atoms in total. The summed E-state index contributed by atoms with van der Waals surface area (Å²) >= 11 is 0. The van der Waals surface area contributed by atoms with Crippen molar-refractivity contribution in [3.63, 3.8) is 0 Å². The average molecular weight is 539 g/mol. The third kappa shape index (κ3) is 10.0. The Balaban J connectivity index is 1.40. The SMILES string of the molecule is NCc1ccc(CNC(=O)CC#CC(O)c2ccc(C(O)C#CCC(=O)NCc3ccc(CN)cc3)cc2)cc1. The number of benzene rings is 3. The number of carbonyl (C=O) groups excluding carboxylic acids is 2. The van der Waals surface area contributed by atoms with E-state index in [1.807, 2.05) is 48.5 Å². The molecule has 3 aromatic rings. The van der Waals surface area contributed by atoms with Crippen molar-refractivity contribution >= 4 is 11.8 Å². The summed E-state index contributed by atoms with van der Waals surface area (Å²) in [5.41, 5.74) is 16.2. The maximum atomic E-state index is 12.0. The summed E-state index contributed by atoms with van der Waals surface area (Å²) in [6.07, 6.45) is -2.25. The van der Waals surface area contributed by atoms with Gasteiger partial charge >= 0.3 is 0 Å². The van der Waals surface area contributed by atoms with Gasteiger partial charge in [-0.25, -0.2) is 0 Å². The van der Waals surface area contributed by atoms with Crippen LogP contribution in [-0.2, 0) is 35.8 Å². The molecule has 0 fully saturated rings. The molecule has 8 N–H and O–H groups in total. The second-order valence-corrected chi connectivity index (χ2v) is 9.06. The Morgan fingerprint density at radius 1 is 0.600 bits per heavy atom. The zero-order valence-electron chi connectivity index (χ0n) is 22.2. The first-order valence-electron chi connectivity index (χ1n) is 12.9. The first kappa shape index (κ1) is 30.1. The largest absolute Gasteiger partial charge is 0.376 e. The van der Waals surface area contributed by atoms with Gasteiger partial charge in [0.05, 0.1) is 12.8 Å². The second kappa shape index (κ2) is 15.8. The van der Waals surface area contributed by atoms with Crippen molar-refractivity contribution in [2.45, 2.75) is 51.2 Å². The fraction of sp³-hybridized carbons (Fsp3) is 0.250. The van der Waals surface area contributed by atoms with Crippen LogP contribution >= 0.6 is 0 Å². The minimum atomic E-state index is -1.08. The summed E-state index contributed by atoms with van der Waals surface area (Å²) in [7, 11) is 0. The van der Waals surface area contributed by atoms with Gasteiger partial charge in [-0.05, 0) is 33.4 Å². The molecule has 2 atom stereocenters. The Bertz CT molecular complexity index is 1270. The van der Waals surface area contributed by atoms with Crippen LogP contribution in [0.1, 0.15) is 58.4 Å². The predicted molar refractivity (Wildman–Crippen MR) is 154 cm³/mol. The van der Waals surface area contributed by atoms with Crippen molar-refractivity contribution in [1.29, 1.82) is 0 Å². The van der Waals surface area contributed by atoms with Crippen LogP contribution in [0.3, 0.4) is 0 Å². The molecule has 206 valence electrons. The molecule has 3 rings (SSSR count). The molecule has 0 aliphatic heterocycles. The van der Waals surface area contributed by atoms with Gasteiger partial charge in [-0.1, -0.05) is 96.5 Å². The molecule has 0 saturated heterocycles. The Morgan fingerprint density at radius 2 is 0.925 bits per heavy atom. The van der Waals surface area contributed by atoms with E-state index in [-0.39, 0.29) is 24.7 Å². The van der Waals surface area contributed by atoms with E-state index in [4.69, 9.17) is 11.5 Å². The average Bonchev–Trinajstić information content (AvgIpc) is 2.99. The lowest BCUT2D eigenvalue weighted by Crippen LogP contribution is -2.21. The van der Waals surface area contributed by atoms with E-state index < -0.39 is 12.2 Å². The van der Waals surface area contributed by atoms with Crippen molar-refractivity contribution in [2.24, 2.45) is 11.5 Å². The molecule has 0 spiro atoms. The van der Waals surface area contributed by atoms with E-state index in [0.29, 0.717) is 37.3 Å². The van der Waals surface area contributed by atoms with E-state index >= 15 is 0 Å². The minimum Gasteiger partial charge on any atom is -0.376 e. The van der Waals surface area contributed by atoms with Crippen LogP contribution < -0.4 is 22.1 Å². The second-order valence-electron chi connectivity index (χ2n) is 9.06. The maximum Gasteiger partial charge on any atom is 0.232 e. The highest BCUT2D eigenvalue weighted by atomic mass is 16.3. The van der Waals surface area contributed by atoms with Gasteiger partial charge in [-0.15, -0.1) is 0 Å². The van der Waals surface area contributed by atoms with Crippen molar-refractivity contribution in [3.05, 3.63) is 106 Å². The van der Waals surface area contributed by atoms with Gasteiger partial charge in [0.2, 0.25) is 11.8 Å². The van der Waals surface area contributed by atoms with Crippen LogP contribution in [-0.4, -0.2) is 22.0 Å². The predicted octanol–water partition coefficient (Wildman–Crippen LogP) is 2.09. The smallest absolute Gasteiger partial charge is 0.232 e. The molecule has 0 bridgehead atoms. The molecule has 40 heavy (non-hydrogen) atoms. The number of nitrogens with one attached hydrogen (secondary N) is 2. The summed E-state index contributed by atoms with van der Waals surface area (Å²) in [4.78, 5) is 24.1. The monoisotopic (exact) mass is 538 g/mol. The van der Waals surface area contributed by atoms with Gasteiger partial charge in [0.25, 0.3) is 0 Å². The molecule has 0 heterocycles. The third-order valence-electron chi connectivity index (χ3n) is 6.04. The van der Waals surface area contributed by atoms with Gasteiger partial charge in [0.15, 0.2) is 0 Å². The molecule has 0 radical (unpaired) electrons. The van der Waals surface area contributed by atoms with Gasteiger partial charge < -0.3 is 32.3 Å². The van der Waals surface area contributed by atoms with Gasteiger partial charge in [0.1, 0.15) is 12.2 Å². The Labute approximate surface area is 234 Å². The van der Waals surface area contributed by atoms with E-state index in [1.54, 1.807) is 24.3 Å². The molecule has 0 aliphatic carbocycles. The zero-order chi connectivity index (χ0) is 28.7. The van der Waals surface area contributed by atoms with Crippen molar-refractivity contribution in [1.82, 2.24) is 10.6 Å². The van der Waals surface area contributed by atoms with Crippen LogP contribution in [0.5, 0.6) is 0 Å². The molecular weight excluding hydrogens is 504 g/mol. The highest BCUT2D eigenvalue weighted by Gasteiger charge is 2.08. The normalized spacial score (nSPS) is 11.7. The molecule has 0 aromatic heterocycles. The third-order valence-corrected chi connectivity index (χ3v) is 6.04. The Kier molecular flexibility index (Phi) is 11.9. The van der Waals surface area contributed by atoms with Crippen LogP contribution in [0.25, 0.3) is 0 Å². The Hall–Kier alpha value is -4.44. The van der Waals surface area contributed by atoms with E-state index in [0.717, 1.165) is 22.3 Å². The molecule has 8 heteroatoms. The first-order valence-corrected chi connectivity index (χ1v) is 12.9. The number of hydrogen-bond acceptors (Lipinski definition) is 6. The number of amides is 2. The highest BCUT2D eigenvalue weighted by molar-refractivity contribution is 5.78. The number of nitrogens with two attached hydrogens (primary N) is 2. The molecule has 3 aromatic carbocycles. The molecule has 0 saturated carbocycles. The number of rotatable bonds is 10. The van der Waals surface area contributed by atoms with Crippen molar-refractivity contribution in [3.8, 4) is 23.7 Å². The fourth-order valence-electron chi connectivity index (χ4n) is 3.60. The topological polar surface area (TPSA) is 151 Å². The quantitative estimate of drug-likeness (QED) is 0.218. The molecule has 0 aliphatic rings. The lowest BCUT2D eigenvalue weighted by atomic mass is 10.0. The van der Waals surface area contributed by atoms with Crippen LogP contribution in [0.4, 0.5) is 0 Å². The highest BCUT2D eigenvalue weighted by Crippen LogP contribution is 2.17. The zero-order valence-corrected chi connectivity index (χ0v) is 22.2. The lowest BCUT2D eigenvalue weighted by molar-refractivity contribution is -0.121. The van der Waals surface area contributed by atoms with Crippen molar-refractivity contribution < 1.29 is 19.8 Å². The van der Waals surface area contributed by atoms with E-state index in [2.05, 4.69) is 34.3 Å². The summed E-state index contributed by atoms with van der Waals surface area (Å²) in [5, 5.41) is 26.2. The van der Waals surface area contributed by atoms with Gasteiger partial charge in [0, 0.05) is 26.2 Å². The fourth-order valence-corrected chi connectivity index (χ4v) is 3.60. The molecule has 2 amide bonds. The number of aliphatic hydroxyl groups is 2.